The Morgan fingerprint density at radius 2 is 0.707 bits per heavy atom. The largest absolute Gasteiger partial charge is 0.494 e. The minimum atomic E-state index is -0.840. The van der Waals surface area contributed by atoms with Crippen LogP contribution in [-0.4, -0.2) is 286 Å². The number of carbonyl (C=O) groups is 8. The number of carbonyl (C=O) groups excluding carboxylic acids is 8. The molecule has 147 heavy (non-hydrogen) atoms. The van der Waals surface area contributed by atoms with E-state index in [9.17, 15) is 78.8 Å². The standard InChI is InChI=1S/C42H51N13O7.C26H33N7O9.C14H18ClN3O5.C12H16N4O4/c1-6-54-31(19-25(3)49-54)39(58)47-41-45-29-21-27(37(43)56)23-33(60-5)35(29)52(41)12-8-9-13-53-36-30(46-42(53)48-40(59)32-20-26(4)50-55(32)7-2)22-28(38(44)57)24-34(36)62-16-10-11-51-14-17-61-18-15-51;1-40-21-15-17(25(27)34)13-19(32(36)37)23(21)29-5-2-3-6-30-24-20(33(38)39)14-18(26(28)35)16-22(24)42-10-4-7-31-8-11-41-12-9-31;15-13-11(18(20)21)8-10(14(16)19)9-12(13)23-5-1-2-17-3-6-22-7-4-17;1-20-10-7-8(12(14)17)6-9(16(18)19)11(10)15-5-3-2-4-13/h8-9,19-24H,6-7,10-18H2,1-5H3,(H2,43,56)(H2,44,57)(H,45,47,58)(H,46,48,59);2-3,13-16,29-30H,4-12H2,1H3,(H2,27,34)(H2,28,35);8-9H,1-7H2,(H2,16,19);2-3,6-7,15H,4-5,13H2,1H3,(H2,14,17)/b9-8+;3-2+;;3-2+. The highest BCUT2D eigenvalue weighted by Gasteiger charge is 2.31. The average Bonchev–Trinajstić information content (AvgIpc) is 1.62. The van der Waals surface area contributed by atoms with Crippen LogP contribution in [-0.2, 0) is 40.4 Å². The molecule has 7 heterocycles. The Hall–Kier alpha value is -16.5. The summed E-state index contributed by atoms with van der Waals surface area (Å²) in [5.74, 6) is -3.88. The summed E-state index contributed by atoms with van der Waals surface area (Å²) in [5, 5.41) is 68.7. The molecule has 3 aliphatic heterocycles. The molecule has 0 atom stereocenters. The predicted molar refractivity (Wildman–Crippen MR) is 543 cm³/mol. The number of nitro benzene ring substituents is 4. The number of nitrogens with zero attached hydrogens (tertiary/aromatic N) is 15. The molecule has 52 nitrogen and oxygen atoms in total. The van der Waals surface area contributed by atoms with Gasteiger partial charge in [-0.1, -0.05) is 48.1 Å². The van der Waals surface area contributed by atoms with Crippen LogP contribution in [0.4, 0.5) is 51.7 Å². The molecule has 13 rings (SSSR count). The van der Waals surface area contributed by atoms with Gasteiger partial charge in [0.1, 0.15) is 56.9 Å². The number of nitrogens with two attached hydrogens (primary N) is 7. The van der Waals surface area contributed by atoms with Crippen molar-refractivity contribution in [3.05, 3.63) is 223 Å². The highest BCUT2D eigenvalue weighted by molar-refractivity contribution is 6.34. The Kier molecular flexibility index (Phi) is 41.9. The maximum atomic E-state index is 13.8. The van der Waals surface area contributed by atoms with Gasteiger partial charge in [-0.25, -0.2) is 9.97 Å². The number of nitro groups is 4. The van der Waals surface area contributed by atoms with Gasteiger partial charge in [0.2, 0.25) is 47.3 Å². The summed E-state index contributed by atoms with van der Waals surface area (Å²) in [4.78, 5) is 157. The third kappa shape index (κ3) is 31.0. The monoisotopic (exact) mass is 2060 g/mol. The minimum Gasteiger partial charge on any atom is -0.494 e. The van der Waals surface area contributed by atoms with Crippen molar-refractivity contribution in [2.75, 3.05) is 192 Å². The van der Waals surface area contributed by atoms with Crippen molar-refractivity contribution in [3.63, 3.8) is 0 Å². The fraction of sp³-hybridized carbons (Fsp3) is 0.383. The summed E-state index contributed by atoms with van der Waals surface area (Å²) in [7, 11) is 4.12. The average molecular weight is 2060 g/mol. The number of amides is 8. The van der Waals surface area contributed by atoms with E-state index < -0.39 is 78.3 Å². The lowest BCUT2D eigenvalue weighted by atomic mass is 10.1. The quantitative estimate of drug-likeness (QED) is 0.00761. The molecule has 0 aliphatic carbocycles. The summed E-state index contributed by atoms with van der Waals surface area (Å²) in [6, 6.07) is 19.2. The van der Waals surface area contributed by atoms with Crippen LogP contribution in [0.5, 0.6) is 34.5 Å². The first-order chi connectivity index (χ1) is 70.5. The summed E-state index contributed by atoms with van der Waals surface area (Å²) in [5.41, 5.74) is 40.6. The smallest absolute Gasteiger partial charge is 0.296 e. The zero-order chi connectivity index (χ0) is 107. The van der Waals surface area contributed by atoms with E-state index in [4.69, 9.17) is 104 Å². The Balaban J connectivity index is 0.000000223. The van der Waals surface area contributed by atoms with E-state index in [1.165, 1.54) is 57.7 Å². The molecule has 0 unspecified atom stereocenters. The second-order valence-corrected chi connectivity index (χ2v) is 33.0. The maximum Gasteiger partial charge on any atom is 0.296 e. The van der Waals surface area contributed by atoms with E-state index >= 15 is 0 Å². The Labute approximate surface area is 846 Å². The summed E-state index contributed by atoms with van der Waals surface area (Å²) < 4.78 is 56.5. The molecule has 0 saturated carbocycles. The zero-order valence-corrected chi connectivity index (χ0v) is 82.6. The van der Waals surface area contributed by atoms with Crippen LogP contribution >= 0.6 is 11.6 Å². The van der Waals surface area contributed by atoms with Gasteiger partial charge in [0.05, 0.1) is 123 Å². The lowest BCUT2D eigenvalue weighted by Crippen LogP contribution is -2.37. The second kappa shape index (κ2) is 54.8. The Morgan fingerprint density at radius 1 is 0.408 bits per heavy atom. The molecule has 3 saturated heterocycles. The number of halogens is 1. The second-order valence-electron chi connectivity index (χ2n) is 32.7. The molecule has 10 aromatic rings. The molecule has 3 fully saturated rings. The number of anilines is 5. The van der Waals surface area contributed by atoms with Crippen LogP contribution in [0.1, 0.15) is 128 Å². The molecule has 3 aliphatic rings. The summed E-state index contributed by atoms with van der Waals surface area (Å²) >= 11 is 5.96. The molecule has 0 radical (unpaired) electrons. The molecule has 53 heteroatoms. The van der Waals surface area contributed by atoms with Crippen molar-refractivity contribution >= 4 is 133 Å². The molecule has 4 aromatic heterocycles. The van der Waals surface area contributed by atoms with E-state index in [2.05, 4.69) is 51.5 Å². The van der Waals surface area contributed by atoms with Crippen molar-refractivity contribution in [1.82, 2.24) is 53.4 Å². The zero-order valence-electron chi connectivity index (χ0n) is 81.9. The molecule has 19 N–H and O–H groups in total. The van der Waals surface area contributed by atoms with Gasteiger partial charge in [0.25, 0.3) is 34.6 Å². The fourth-order valence-corrected chi connectivity index (χ4v) is 15.7. The molecule has 8 amide bonds. The van der Waals surface area contributed by atoms with Crippen LogP contribution in [0, 0.1) is 54.3 Å². The number of benzene rings is 6. The molecule has 0 spiro atoms. The third-order valence-corrected chi connectivity index (χ3v) is 23.1. The number of aryl methyl sites for hydroxylation is 4. The first kappa shape index (κ1) is 112. The van der Waals surface area contributed by atoms with E-state index in [-0.39, 0.29) is 135 Å². The number of hydrogen-bond donors (Lipinski definition) is 12. The summed E-state index contributed by atoms with van der Waals surface area (Å²) in [6.07, 6.45) is 12.5. The number of imidazole rings is 2. The maximum absolute atomic E-state index is 13.8. The van der Waals surface area contributed by atoms with E-state index in [0.29, 0.717) is 135 Å². The Bertz CT molecular complexity index is 6540. The number of rotatable bonds is 48. The normalized spacial score (nSPS) is 13.3. The number of allylic oxidation sites excluding steroid dienone is 2. The van der Waals surface area contributed by atoms with Crippen LogP contribution in [0.15, 0.2) is 121 Å². The van der Waals surface area contributed by atoms with Crippen LogP contribution in [0.3, 0.4) is 0 Å². The molecule has 786 valence electrons. The van der Waals surface area contributed by atoms with E-state index in [1.54, 1.807) is 74.0 Å². The lowest BCUT2D eigenvalue weighted by Gasteiger charge is -2.26. The number of ether oxygens (including phenoxy) is 9. The topological polar surface area (TPSA) is 715 Å². The van der Waals surface area contributed by atoms with Crippen molar-refractivity contribution in [1.29, 1.82) is 0 Å². The van der Waals surface area contributed by atoms with Crippen molar-refractivity contribution in [3.8, 4) is 34.5 Å². The van der Waals surface area contributed by atoms with Gasteiger partial charge in [0, 0.05) is 169 Å². The molecule has 6 aromatic carbocycles. The number of fused-ring (bicyclic) bond motifs is 2. The van der Waals surface area contributed by atoms with E-state index in [0.717, 1.165) is 103 Å². The SMILES string of the molecule is CCn1nc(C)cc1C(=O)Nc1nc2cc(C(N)=O)cc(OC)c2n1C/C=C/Cn1c(NC(=O)c2cc(C)nn2CC)nc2cc(C(N)=O)cc(OCCCN3CCOCC3)c21.COc1cc(C(N)=O)cc([N+](=O)[O-])c1NC/C=C/CN.COc1cc(C(N)=O)cc([N+](=O)[O-])c1NC/C=C/CNc1c(OCCCN2CCOCC2)cc(C(N)=O)cc1[N+](=O)[O-].NC(=O)c1cc(OCCCN2CCOCC2)c(Cl)c([N+](=O)[O-])c1. The highest BCUT2D eigenvalue weighted by Crippen LogP contribution is 2.41. The van der Waals surface area contributed by atoms with Crippen LogP contribution < -0.4 is 95.1 Å². The van der Waals surface area contributed by atoms with Gasteiger partial charge in [-0.15, -0.1) is 0 Å². The van der Waals surface area contributed by atoms with Gasteiger partial charge in [0.15, 0.2) is 22.1 Å². The van der Waals surface area contributed by atoms with Gasteiger partial charge >= 0.3 is 0 Å². The molecular formula is C94H118ClN27O25. The Morgan fingerprint density at radius 3 is 1.05 bits per heavy atom. The molecule has 0 bridgehead atoms. The number of hydrogen-bond acceptors (Lipinski definition) is 36. The lowest BCUT2D eigenvalue weighted by molar-refractivity contribution is -0.384. The van der Waals surface area contributed by atoms with Crippen LogP contribution in [0.25, 0.3) is 22.1 Å². The third-order valence-electron chi connectivity index (χ3n) is 22.7. The van der Waals surface area contributed by atoms with Gasteiger partial charge in [-0.3, -0.25) is 114 Å². The number of primary amides is 6. The highest BCUT2D eigenvalue weighted by atomic mass is 35.5. The van der Waals surface area contributed by atoms with Gasteiger partial charge < -0.3 is 108 Å². The fourth-order valence-electron chi connectivity index (χ4n) is 15.5. The first-order valence-corrected chi connectivity index (χ1v) is 46.7. The van der Waals surface area contributed by atoms with Crippen molar-refractivity contribution in [2.45, 2.75) is 73.1 Å². The van der Waals surface area contributed by atoms with Gasteiger partial charge in [-0.05, 0) is 108 Å². The number of aromatic nitrogens is 8. The minimum absolute atomic E-state index is 0.00993. The number of nitrogens with one attached hydrogen (secondary N) is 5. The number of methoxy groups -OCH3 is 3. The van der Waals surface area contributed by atoms with Crippen LogP contribution in [0.2, 0.25) is 5.02 Å². The molecular weight excluding hydrogens is 1940 g/mol. The summed E-state index contributed by atoms with van der Waals surface area (Å²) in [6.45, 7) is 22.2. The van der Waals surface area contributed by atoms with E-state index in [1.807, 2.05) is 32.9 Å². The first-order valence-electron chi connectivity index (χ1n) is 46.3. The van der Waals surface area contributed by atoms with Crippen molar-refractivity contribution < 1.29 is 101 Å². The predicted octanol–water partition coefficient (Wildman–Crippen LogP) is 7.47. The van der Waals surface area contributed by atoms with Gasteiger partial charge in [-0.2, -0.15) is 10.2 Å². The van der Waals surface area contributed by atoms with Crippen molar-refractivity contribution in [2.24, 2.45) is 40.1 Å². The number of morpholine rings is 3.